The van der Waals surface area contributed by atoms with Crippen molar-refractivity contribution in [3.05, 3.63) is 70.3 Å². The number of alkyl halides is 5. The van der Waals surface area contributed by atoms with Crippen molar-refractivity contribution in [2.75, 3.05) is 13.3 Å². The van der Waals surface area contributed by atoms with Gasteiger partial charge in [-0.2, -0.15) is 18.2 Å². The Morgan fingerprint density at radius 2 is 1.67 bits per heavy atom. The third-order valence-electron chi connectivity index (χ3n) is 4.23. The monoisotopic (exact) mass is 382 g/mol. The molecule has 0 radical (unpaired) electrons. The summed E-state index contributed by atoms with van der Waals surface area (Å²) in [7, 11) is 0. The highest BCUT2D eigenvalue weighted by atomic mass is 19.4. The summed E-state index contributed by atoms with van der Waals surface area (Å²) < 4.78 is 66.4. The average Bonchev–Trinajstić information content (AvgIpc) is 2.65. The lowest BCUT2D eigenvalue weighted by atomic mass is 10.0. The molecule has 8 heteroatoms. The fraction of sp³-hybridized carbons (Fsp3) is 0.263. The Morgan fingerprint density at radius 1 is 1.00 bits per heavy atom. The molecule has 1 aromatic heterocycles. The van der Waals surface area contributed by atoms with E-state index < -0.39 is 36.7 Å². The Bertz CT molecular complexity index is 995. The summed E-state index contributed by atoms with van der Waals surface area (Å²) in [6.45, 7) is -1.91. The summed E-state index contributed by atoms with van der Waals surface area (Å²) in [5.41, 5.74) is -1.32. The predicted octanol–water partition coefficient (Wildman–Crippen LogP) is 4.50. The molecular formula is C19H15F5N2O. The third-order valence-corrected chi connectivity index (χ3v) is 4.23. The van der Waals surface area contributed by atoms with E-state index in [0.29, 0.717) is 5.69 Å². The summed E-state index contributed by atoms with van der Waals surface area (Å²) >= 11 is 0. The second-order valence-corrected chi connectivity index (χ2v) is 6.12. The van der Waals surface area contributed by atoms with Crippen molar-refractivity contribution in [2.45, 2.75) is 12.6 Å². The van der Waals surface area contributed by atoms with E-state index in [-0.39, 0.29) is 23.0 Å². The van der Waals surface area contributed by atoms with Crippen LogP contribution in [-0.2, 0) is 12.6 Å². The van der Waals surface area contributed by atoms with Crippen molar-refractivity contribution < 1.29 is 22.0 Å². The third kappa shape index (κ3) is 3.84. The van der Waals surface area contributed by atoms with Gasteiger partial charge in [-0.05, 0) is 30.7 Å². The first-order chi connectivity index (χ1) is 12.8. The van der Waals surface area contributed by atoms with E-state index in [1.54, 1.807) is 30.3 Å². The number of hydrogen-bond acceptors (Lipinski definition) is 2. The molecule has 0 aliphatic carbocycles. The van der Waals surface area contributed by atoms with Gasteiger partial charge in [-0.15, -0.1) is 0 Å². The van der Waals surface area contributed by atoms with E-state index in [0.717, 1.165) is 16.7 Å². The van der Waals surface area contributed by atoms with Gasteiger partial charge in [0.2, 0.25) is 0 Å². The van der Waals surface area contributed by atoms with Crippen molar-refractivity contribution in [1.82, 2.24) is 9.55 Å². The van der Waals surface area contributed by atoms with Gasteiger partial charge in [0.15, 0.2) is 0 Å². The maximum absolute atomic E-state index is 13.2. The summed E-state index contributed by atoms with van der Waals surface area (Å²) in [5.74, 6) is -1.00. The Labute approximate surface area is 151 Å². The molecule has 2 aromatic carbocycles. The molecule has 0 aliphatic heterocycles. The van der Waals surface area contributed by atoms with Gasteiger partial charge in [-0.3, -0.25) is 13.3 Å². The number of aromatic nitrogens is 2. The van der Waals surface area contributed by atoms with Gasteiger partial charge < -0.3 is 0 Å². The number of fused-ring (bicyclic) bond motifs is 1. The zero-order valence-corrected chi connectivity index (χ0v) is 14.0. The highest BCUT2D eigenvalue weighted by Crippen LogP contribution is 2.32. The van der Waals surface area contributed by atoms with Gasteiger partial charge in [-0.25, -0.2) is 4.79 Å². The van der Waals surface area contributed by atoms with Gasteiger partial charge in [-0.1, -0.05) is 24.3 Å². The van der Waals surface area contributed by atoms with E-state index in [2.05, 4.69) is 4.98 Å². The van der Waals surface area contributed by atoms with Crippen molar-refractivity contribution in [3.63, 3.8) is 0 Å². The van der Waals surface area contributed by atoms with Crippen molar-refractivity contribution in [1.29, 1.82) is 0 Å². The lowest BCUT2D eigenvalue weighted by molar-refractivity contribution is -0.137. The quantitative estimate of drug-likeness (QED) is 0.609. The van der Waals surface area contributed by atoms with Crippen molar-refractivity contribution in [3.8, 4) is 5.69 Å². The second kappa shape index (κ2) is 7.46. The summed E-state index contributed by atoms with van der Waals surface area (Å²) in [6, 6.07) is 11.0. The SMILES string of the molecule is O=c1nc(CC(CF)CF)c2ccc(C(F)(F)F)cc2n1-c1ccccc1. The summed E-state index contributed by atoms with van der Waals surface area (Å²) in [6.07, 6.45) is -4.78. The standard InChI is InChI=1S/C19H15F5N2O/c20-10-12(11-21)8-16-15-7-6-13(19(22,23)24)9-17(15)26(18(27)25-16)14-4-2-1-3-5-14/h1-7,9,12H,8,10-11H2. The van der Waals surface area contributed by atoms with Crippen LogP contribution in [0.25, 0.3) is 16.6 Å². The molecule has 0 saturated carbocycles. The van der Waals surface area contributed by atoms with Crippen LogP contribution >= 0.6 is 0 Å². The summed E-state index contributed by atoms with van der Waals surface area (Å²) in [5, 5.41) is 0.248. The van der Waals surface area contributed by atoms with Crippen LogP contribution in [0.4, 0.5) is 22.0 Å². The van der Waals surface area contributed by atoms with Gasteiger partial charge in [0.25, 0.3) is 0 Å². The molecule has 142 valence electrons. The highest BCUT2D eigenvalue weighted by Gasteiger charge is 2.31. The maximum Gasteiger partial charge on any atom is 0.416 e. The van der Waals surface area contributed by atoms with E-state index in [1.165, 1.54) is 6.07 Å². The topological polar surface area (TPSA) is 34.9 Å². The number of para-hydroxylation sites is 1. The Kier molecular flexibility index (Phi) is 5.25. The molecule has 0 fully saturated rings. The lowest BCUT2D eigenvalue weighted by Gasteiger charge is -2.16. The van der Waals surface area contributed by atoms with Gasteiger partial charge in [0.1, 0.15) is 0 Å². The molecular weight excluding hydrogens is 367 g/mol. The number of benzene rings is 2. The molecule has 1 heterocycles. The average molecular weight is 382 g/mol. The zero-order valence-electron chi connectivity index (χ0n) is 14.0. The van der Waals surface area contributed by atoms with Crippen molar-refractivity contribution >= 4 is 10.9 Å². The molecule has 0 bridgehead atoms. The van der Waals surface area contributed by atoms with Gasteiger partial charge >= 0.3 is 11.9 Å². The fourth-order valence-corrected chi connectivity index (χ4v) is 2.87. The number of nitrogens with zero attached hydrogens (tertiary/aromatic N) is 2. The largest absolute Gasteiger partial charge is 0.416 e. The van der Waals surface area contributed by atoms with Crippen LogP contribution in [0.1, 0.15) is 11.3 Å². The number of halogens is 5. The Hall–Kier alpha value is -2.77. The molecule has 0 saturated heterocycles. The van der Waals surface area contributed by atoms with Gasteiger partial charge in [0.05, 0.1) is 35.8 Å². The van der Waals surface area contributed by atoms with Crippen LogP contribution < -0.4 is 5.69 Å². The van der Waals surface area contributed by atoms with E-state index in [1.807, 2.05) is 0 Å². The number of rotatable bonds is 5. The molecule has 3 aromatic rings. The minimum atomic E-state index is -4.60. The predicted molar refractivity (Wildman–Crippen MR) is 91.5 cm³/mol. The minimum Gasteiger partial charge on any atom is -0.260 e. The molecule has 0 amide bonds. The zero-order chi connectivity index (χ0) is 19.6. The van der Waals surface area contributed by atoms with Crippen LogP contribution in [-0.4, -0.2) is 22.9 Å². The molecule has 0 spiro atoms. The van der Waals surface area contributed by atoms with Crippen LogP contribution in [0.15, 0.2) is 53.3 Å². The van der Waals surface area contributed by atoms with Crippen LogP contribution in [0.3, 0.4) is 0 Å². The number of hydrogen-bond donors (Lipinski definition) is 0. The van der Waals surface area contributed by atoms with Crippen LogP contribution in [0.5, 0.6) is 0 Å². The van der Waals surface area contributed by atoms with E-state index in [9.17, 15) is 26.7 Å². The van der Waals surface area contributed by atoms with E-state index >= 15 is 0 Å². The first kappa shape index (κ1) is 19.0. The van der Waals surface area contributed by atoms with Crippen LogP contribution in [0.2, 0.25) is 0 Å². The minimum absolute atomic E-state index is 0.0116. The molecule has 0 aliphatic rings. The first-order valence-electron chi connectivity index (χ1n) is 8.15. The molecule has 27 heavy (non-hydrogen) atoms. The normalized spacial score (nSPS) is 12.1. The maximum atomic E-state index is 13.2. The molecule has 3 rings (SSSR count). The van der Waals surface area contributed by atoms with Crippen molar-refractivity contribution in [2.24, 2.45) is 5.92 Å². The molecule has 0 unspecified atom stereocenters. The van der Waals surface area contributed by atoms with Crippen LogP contribution in [0, 0.1) is 5.92 Å². The molecule has 0 atom stereocenters. The second-order valence-electron chi connectivity index (χ2n) is 6.12. The van der Waals surface area contributed by atoms with Gasteiger partial charge in [0, 0.05) is 11.3 Å². The highest BCUT2D eigenvalue weighted by molar-refractivity contribution is 5.83. The fourth-order valence-electron chi connectivity index (χ4n) is 2.87. The summed E-state index contributed by atoms with van der Waals surface area (Å²) in [4.78, 5) is 16.5. The molecule has 0 N–H and O–H groups in total. The lowest BCUT2D eigenvalue weighted by Crippen LogP contribution is -2.25. The van der Waals surface area contributed by atoms with E-state index in [4.69, 9.17) is 0 Å². The Balaban J connectivity index is 2.31. The Morgan fingerprint density at radius 3 is 2.26 bits per heavy atom. The smallest absolute Gasteiger partial charge is 0.260 e. The first-order valence-corrected chi connectivity index (χ1v) is 8.15. The molecule has 3 nitrogen and oxygen atoms in total.